The normalized spacial score (nSPS) is 10.4. The Morgan fingerprint density at radius 3 is 2.81 bits per heavy atom. The van der Waals surface area contributed by atoms with Crippen LogP contribution in [0, 0.1) is 5.82 Å². The van der Waals surface area contributed by atoms with E-state index in [2.05, 4.69) is 15.9 Å². The molecule has 0 spiro atoms. The summed E-state index contributed by atoms with van der Waals surface area (Å²) in [7, 11) is 0. The summed E-state index contributed by atoms with van der Waals surface area (Å²) in [6.07, 6.45) is 2.35. The van der Waals surface area contributed by atoms with Gasteiger partial charge in [0.25, 0.3) is 0 Å². The van der Waals surface area contributed by atoms with Crippen LogP contribution in [0.15, 0.2) is 18.2 Å². The van der Waals surface area contributed by atoms with Crippen LogP contribution in [-0.2, 0) is 11.2 Å². The Bertz CT molecular complexity index is 368. The van der Waals surface area contributed by atoms with Crippen molar-refractivity contribution in [3.05, 3.63) is 34.6 Å². The van der Waals surface area contributed by atoms with Crippen LogP contribution in [0.5, 0.6) is 0 Å². The van der Waals surface area contributed by atoms with Crippen LogP contribution in [0.4, 0.5) is 4.39 Å². The number of hydrogen-bond acceptors (Lipinski definition) is 1. The summed E-state index contributed by atoms with van der Waals surface area (Å²) in [6.45, 7) is 0. The SMILES string of the molecule is O=C(CCCBr)CCc1cc(F)ccc1Cl. The molecular weight excluding hydrogens is 294 g/mol. The number of rotatable bonds is 6. The lowest BCUT2D eigenvalue weighted by atomic mass is 10.1. The van der Waals surface area contributed by atoms with Crippen molar-refractivity contribution in [3.8, 4) is 0 Å². The second-order valence-electron chi connectivity index (χ2n) is 3.57. The van der Waals surface area contributed by atoms with E-state index in [0.717, 1.165) is 11.8 Å². The first-order valence-corrected chi connectivity index (χ1v) is 6.65. The topological polar surface area (TPSA) is 17.1 Å². The van der Waals surface area contributed by atoms with Crippen LogP contribution in [0.1, 0.15) is 24.8 Å². The average Bonchev–Trinajstić information content (AvgIpc) is 2.27. The van der Waals surface area contributed by atoms with E-state index in [1.807, 2.05) is 0 Å². The molecule has 0 heterocycles. The fourth-order valence-corrected chi connectivity index (χ4v) is 1.89. The summed E-state index contributed by atoms with van der Waals surface area (Å²) >= 11 is 9.17. The first kappa shape index (κ1) is 13.7. The summed E-state index contributed by atoms with van der Waals surface area (Å²) in [6, 6.07) is 4.23. The molecular formula is C12H13BrClFO. The van der Waals surface area contributed by atoms with Crippen LogP contribution >= 0.6 is 27.5 Å². The molecule has 0 saturated carbocycles. The van der Waals surface area contributed by atoms with Gasteiger partial charge >= 0.3 is 0 Å². The van der Waals surface area contributed by atoms with Crippen molar-refractivity contribution in [1.29, 1.82) is 0 Å². The molecule has 0 radical (unpaired) electrons. The Morgan fingerprint density at radius 1 is 1.38 bits per heavy atom. The molecule has 4 heteroatoms. The number of halogens is 3. The highest BCUT2D eigenvalue weighted by Gasteiger charge is 2.06. The van der Waals surface area contributed by atoms with Gasteiger partial charge in [0.05, 0.1) is 0 Å². The van der Waals surface area contributed by atoms with Gasteiger partial charge < -0.3 is 0 Å². The van der Waals surface area contributed by atoms with E-state index in [0.29, 0.717) is 29.8 Å². The maximum Gasteiger partial charge on any atom is 0.133 e. The predicted molar refractivity (Wildman–Crippen MR) is 67.8 cm³/mol. The summed E-state index contributed by atoms with van der Waals surface area (Å²) in [5, 5.41) is 1.36. The van der Waals surface area contributed by atoms with E-state index in [1.54, 1.807) is 0 Å². The summed E-state index contributed by atoms with van der Waals surface area (Å²) in [5.74, 6) is -0.118. The number of ketones is 1. The maximum atomic E-state index is 12.9. The Hall–Kier alpha value is -0.410. The number of carbonyl (C=O) groups excluding carboxylic acids is 1. The van der Waals surface area contributed by atoms with Crippen molar-refractivity contribution >= 4 is 33.3 Å². The molecule has 0 N–H and O–H groups in total. The van der Waals surface area contributed by atoms with Gasteiger partial charge in [-0.15, -0.1) is 0 Å². The highest BCUT2D eigenvalue weighted by Crippen LogP contribution is 2.19. The zero-order valence-electron chi connectivity index (χ0n) is 8.81. The molecule has 16 heavy (non-hydrogen) atoms. The van der Waals surface area contributed by atoms with Gasteiger partial charge in [-0.3, -0.25) is 4.79 Å². The fraction of sp³-hybridized carbons (Fsp3) is 0.417. The van der Waals surface area contributed by atoms with Crippen LogP contribution < -0.4 is 0 Å². The van der Waals surface area contributed by atoms with Gasteiger partial charge in [0.2, 0.25) is 0 Å². The predicted octanol–water partition coefficient (Wildman–Crippen LogP) is 4.16. The summed E-state index contributed by atoms with van der Waals surface area (Å²) in [5.41, 5.74) is 0.703. The number of aryl methyl sites for hydroxylation is 1. The Balaban J connectivity index is 2.47. The van der Waals surface area contributed by atoms with Crippen molar-refractivity contribution < 1.29 is 9.18 Å². The second kappa shape index (κ2) is 7.02. The molecule has 1 aromatic carbocycles. The van der Waals surface area contributed by atoms with Crippen molar-refractivity contribution in [2.24, 2.45) is 0 Å². The maximum absolute atomic E-state index is 12.9. The minimum absolute atomic E-state index is 0.194. The van der Waals surface area contributed by atoms with Crippen molar-refractivity contribution in [2.45, 2.75) is 25.7 Å². The standard InChI is InChI=1S/C12H13BrClFO/c13-7-1-2-11(16)5-3-9-8-10(15)4-6-12(9)14/h4,6,8H,1-3,5,7H2. The minimum Gasteiger partial charge on any atom is -0.300 e. The first-order chi connectivity index (χ1) is 7.63. The number of carbonyl (C=O) groups is 1. The first-order valence-electron chi connectivity index (χ1n) is 5.15. The smallest absolute Gasteiger partial charge is 0.133 e. The molecule has 0 bridgehead atoms. The largest absolute Gasteiger partial charge is 0.300 e. The fourth-order valence-electron chi connectivity index (χ4n) is 1.40. The number of benzene rings is 1. The molecule has 0 fully saturated rings. The third kappa shape index (κ3) is 4.62. The van der Waals surface area contributed by atoms with E-state index < -0.39 is 0 Å². The van der Waals surface area contributed by atoms with Gasteiger partial charge in [-0.05, 0) is 36.6 Å². The molecule has 0 aliphatic heterocycles. The van der Waals surface area contributed by atoms with Crippen LogP contribution in [-0.4, -0.2) is 11.1 Å². The molecule has 0 saturated heterocycles. The van der Waals surface area contributed by atoms with Crippen molar-refractivity contribution in [2.75, 3.05) is 5.33 Å². The van der Waals surface area contributed by atoms with E-state index in [4.69, 9.17) is 11.6 Å². The van der Waals surface area contributed by atoms with E-state index in [-0.39, 0.29) is 11.6 Å². The van der Waals surface area contributed by atoms with E-state index in [9.17, 15) is 9.18 Å². The molecule has 1 aromatic rings. The molecule has 0 unspecified atom stereocenters. The molecule has 0 aliphatic rings. The quantitative estimate of drug-likeness (QED) is 0.721. The number of Topliss-reactive ketones (excluding diaryl/α,β-unsaturated/α-hetero) is 1. The third-order valence-corrected chi connectivity index (χ3v) is 3.20. The molecule has 0 aromatic heterocycles. The molecule has 1 nitrogen and oxygen atoms in total. The Morgan fingerprint density at radius 2 is 2.12 bits per heavy atom. The minimum atomic E-state index is -0.313. The zero-order chi connectivity index (χ0) is 12.0. The summed E-state index contributed by atoms with van der Waals surface area (Å²) in [4.78, 5) is 11.4. The molecule has 0 amide bonds. The third-order valence-electron chi connectivity index (χ3n) is 2.27. The van der Waals surface area contributed by atoms with Gasteiger partial charge in [0.15, 0.2) is 0 Å². The van der Waals surface area contributed by atoms with Gasteiger partial charge in [0, 0.05) is 23.2 Å². The number of hydrogen-bond donors (Lipinski definition) is 0. The van der Waals surface area contributed by atoms with Gasteiger partial charge in [-0.25, -0.2) is 4.39 Å². The highest BCUT2D eigenvalue weighted by atomic mass is 79.9. The van der Waals surface area contributed by atoms with Crippen molar-refractivity contribution in [1.82, 2.24) is 0 Å². The van der Waals surface area contributed by atoms with E-state index in [1.165, 1.54) is 18.2 Å². The Labute approximate surface area is 108 Å². The lowest BCUT2D eigenvalue weighted by Crippen LogP contribution is -2.01. The van der Waals surface area contributed by atoms with Crippen LogP contribution in [0.3, 0.4) is 0 Å². The van der Waals surface area contributed by atoms with Crippen LogP contribution in [0.2, 0.25) is 5.02 Å². The number of alkyl halides is 1. The van der Waals surface area contributed by atoms with Gasteiger partial charge in [0.1, 0.15) is 11.6 Å². The average molecular weight is 308 g/mol. The highest BCUT2D eigenvalue weighted by molar-refractivity contribution is 9.09. The lowest BCUT2D eigenvalue weighted by Gasteiger charge is -2.03. The van der Waals surface area contributed by atoms with Crippen molar-refractivity contribution in [3.63, 3.8) is 0 Å². The summed E-state index contributed by atoms with van der Waals surface area (Å²) < 4.78 is 12.9. The zero-order valence-corrected chi connectivity index (χ0v) is 11.2. The van der Waals surface area contributed by atoms with Gasteiger partial charge in [-0.1, -0.05) is 27.5 Å². The molecule has 1 rings (SSSR count). The molecule has 0 atom stereocenters. The van der Waals surface area contributed by atoms with Gasteiger partial charge in [-0.2, -0.15) is 0 Å². The second-order valence-corrected chi connectivity index (χ2v) is 4.77. The molecule has 88 valence electrons. The Kier molecular flexibility index (Phi) is 5.99. The lowest BCUT2D eigenvalue weighted by molar-refractivity contribution is -0.119. The van der Waals surface area contributed by atoms with Crippen LogP contribution in [0.25, 0.3) is 0 Å². The molecule has 0 aliphatic carbocycles. The monoisotopic (exact) mass is 306 g/mol. The van der Waals surface area contributed by atoms with E-state index >= 15 is 0 Å².